The molecule has 8 heteroatoms. The van der Waals surface area contributed by atoms with E-state index in [0.717, 1.165) is 18.4 Å². The van der Waals surface area contributed by atoms with Crippen molar-refractivity contribution >= 4 is 17.7 Å². The molecule has 1 atom stereocenters. The van der Waals surface area contributed by atoms with Crippen molar-refractivity contribution in [2.24, 2.45) is 12.8 Å². The van der Waals surface area contributed by atoms with E-state index in [-0.39, 0.29) is 17.7 Å². The first-order chi connectivity index (χ1) is 12.9. The highest BCUT2D eigenvalue weighted by Gasteiger charge is 2.31. The fraction of sp³-hybridized carbons (Fsp3) is 0.368. The zero-order valence-corrected chi connectivity index (χ0v) is 15.2. The summed E-state index contributed by atoms with van der Waals surface area (Å²) in [5.74, 6) is -0.0772. The van der Waals surface area contributed by atoms with Gasteiger partial charge in [-0.1, -0.05) is 12.1 Å². The maximum absolute atomic E-state index is 12.9. The number of urea groups is 1. The molecule has 0 bridgehead atoms. The van der Waals surface area contributed by atoms with Gasteiger partial charge in [0, 0.05) is 44.4 Å². The number of likely N-dealkylation sites (tertiary alicyclic amines) is 1. The number of primary amides is 1. The lowest BCUT2D eigenvalue weighted by molar-refractivity contribution is 0.0717. The second kappa shape index (κ2) is 8.03. The number of hydrogen-bond acceptors (Lipinski definition) is 4. The fourth-order valence-electron chi connectivity index (χ4n) is 3.33. The van der Waals surface area contributed by atoms with Gasteiger partial charge in [0.2, 0.25) is 0 Å². The molecule has 0 aliphatic carbocycles. The third-order valence-electron chi connectivity index (χ3n) is 4.75. The van der Waals surface area contributed by atoms with Crippen LogP contribution in [-0.4, -0.2) is 45.0 Å². The van der Waals surface area contributed by atoms with Gasteiger partial charge in [0.1, 0.15) is 0 Å². The number of benzene rings is 1. The van der Waals surface area contributed by atoms with E-state index in [1.54, 1.807) is 53.3 Å². The summed E-state index contributed by atoms with van der Waals surface area (Å²) in [5, 5.41) is 6.54. The number of hydrogen-bond donors (Lipinski definition) is 2. The number of aromatic nitrogens is 2. The molecule has 1 saturated heterocycles. The van der Waals surface area contributed by atoms with Crippen LogP contribution in [0.25, 0.3) is 0 Å². The van der Waals surface area contributed by atoms with E-state index in [1.807, 2.05) is 0 Å². The number of rotatable bonds is 6. The van der Waals surface area contributed by atoms with E-state index in [4.69, 9.17) is 5.73 Å². The zero-order valence-electron chi connectivity index (χ0n) is 15.2. The summed E-state index contributed by atoms with van der Waals surface area (Å²) in [6, 6.07) is 6.36. The molecule has 1 fully saturated rings. The molecule has 2 heterocycles. The molecule has 1 aliphatic rings. The van der Waals surface area contributed by atoms with Crippen LogP contribution in [-0.2, 0) is 13.6 Å². The highest BCUT2D eigenvalue weighted by Crippen LogP contribution is 2.24. The van der Waals surface area contributed by atoms with Gasteiger partial charge in [-0.3, -0.25) is 14.3 Å². The Hall–Kier alpha value is -3.16. The normalized spacial score (nSPS) is 16.3. The molecule has 8 nitrogen and oxygen atoms in total. The number of nitrogens with one attached hydrogen (secondary N) is 1. The molecule has 2 aromatic rings. The van der Waals surface area contributed by atoms with E-state index in [1.165, 1.54) is 0 Å². The second-order valence-electron chi connectivity index (χ2n) is 6.74. The smallest absolute Gasteiger partial charge is 0.312 e. The van der Waals surface area contributed by atoms with Crippen molar-refractivity contribution in [1.82, 2.24) is 20.0 Å². The summed E-state index contributed by atoms with van der Waals surface area (Å²) in [6.45, 7) is 0.963. The number of carbonyl (C=O) groups excluding carboxylic acids is 3. The van der Waals surface area contributed by atoms with Crippen LogP contribution in [0.4, 0.5) is 4.79 Å². The molecular formula is C19H23N5O3. The van der Waals surface area contributed by atoms with Crippen molar-refractivity contribution in [3.63, 3.8) is 0 Å². The number of nitrogens with zero attached hydrogens (tertiary/aromatic N) is 3. The van der Waals surface area contributed by atoms with Crippen LogP contribution < -0.4 is 11.1 Å². The summed E-state index contributed by atoms with van der Waals surface area (Å²) in [4.78, 5) is 37.9. The van der Waals surface area contributed by atoms with Gasteiger partial charge in [-0.2, -0.15) is 5.10 Å². The molecule has 1 aliphatic heterocycles. The molecule has 1 aromatic carbocycles. The van der Waals surface area contributed by atoms with Gasteiger partial charge in [0.05, 0.1) is 11.8 Å². The van der Waals surface area contributed by atoms with Crippen LogP contribution in [0.15, 0.2) is 36.7 Å². The Labute approximate surface area is 157 Å². The summed E-state index contributed by atoms with van der Waals surface area (Å²) in [7, 11) is 1.77. The minimum Gasteiger partial charge on any atom is -0.352 e. The minimum atomic E-state index is -0.589. The third-order valence-corrected chi connectivity index (χ3v) is 4.75. The van der Waals surface area contributed by atoms with Crippen LogP contribution in [0.2, 0.25) is 0 Å². The van der Waals surface area contributed by atoms with Gasteiger partial charge in [-0.05, 0) is 30.5 Å². The maximum atomic E-state index is 12.9. The second-order valence-corrected chi connectivity index (χ2v) is 6.74. The molecule has 3 amide bonds. The van der Waals surface area contributed by atoms with Crippen LogP contribution >= 0.6 is 0 Å². The number of ketones is 1. The Morgan fingerprint density at radius 2 is 1.96 bits per heavy atom. The predicted molar refractivity (Wildman–Crippen MR) is 99.1 cm³/mol. The zero-order chi connectivity index (χ0) is 19.4. The average molecular weight is 369 g/mol. The Bertz CT molecular complexity index is 843. The van der Waals surface area contributed by atoms with Crippen molar-refractivity contribution in [2.45, 2.75) is 31.8 Å². The molecule has 1 unspecified atom stereocenters. The Balaban J connectivity index is 1.64. The lowest BCUT2D eigenvalue weighted by Gasteiger charge is -2.24. The molecule has 27 heavy (non-hydrogen) atoms. The van der Waals surface area contributed by atoms with E-state index in [9.17, 15) is 14.4 Å². The number of aryl methyl sites for hydroxylation is 1. The first-order valence-electron chi connectivity index (χ1n) is 8.89. The number of Topliss-reactive ketones (excluding diaryl/α,β-unsaturated/α-hetero) is 1. The quantitative estimate of drug-likeness (QED) is 0.751. The predicted octanol–water partition coefficient (Wildman–Crippen LogP) is 1.47. The molecule has 0 saturated carbocycles. The molecule has 0 spiro atoms. The molecule has 3 rings (SSSR count). The highest BCUT2D eigenvalue weighted by molar-refractivity contribution is 5.98. The molecule has 1 aromatic heterocycles. The minimum absolute atomic E-state index is 0.000624. The van der Waals surface area contributed by atoms with Crippen LogP contribution in [0.1, 0.15) is 45.5 Å². The molecule has 0 radical (unpaired) electrons. The Morgan fingerprint density at radius 1 is 1.22 bits per heavy atom. The van der Waals surface area contributed by atoms with E-state index < -0.39 is 6.03 Å². The van der Waals surface area contributed by atoms with Crippen molar-refractivity contribution in [2.75, 3.05) is 6.54 Å². The van der Waals surface area contributed by atoms with E-state index in [2.05, 4.69) is 10.4 Å². The Morgan fingerprint density at radius 3 is 2.59 bits per heavy atom. The summed E-state index contributed by atoms with van der Waals surface area (Å²) in [5.41, 5.74) is 7.05. The number of carbonyl (C=O) groups is 3. The van der Waals surface area contributed by atoms with Crippen molar-refractivity contribution in [3.05, 3.63) is 53.3 Å². The van der Waals surface area contributed by atoms with Gasteiger partial charge in [-0.15, -0.1) is 0 Å². The fourth-order valence-corrected chi connectivity index (χ4v) is 3.33. The van der Waals surface area contributed by atoms with E-state index >= 15 is 0 Å². The number of nitrogens with two attached hydrogens (primary N) is 1. The molecule has 3 N–H and O–H groups in total. The van der Waals surface area contributed by atoms with Crippen LogP contribution in [0.3, 0.4) is 0 Å². The standard InChI is InChI=1S/C19H23N5O3/c1-23-12-15(11-22-23)17(25)9-16-3-2-8-24(16)18(26)14-6-4-13(5-7-14)10-21-19(20)27/h4-7,11-12,16H,2-3,8-10H2,1H3,(H3,20,21,27). The van der Waals surface area contributed by atoms with Gasteiger partial charge in [0.15, 0.2) is 5.78 Å². The average Bonchev–Trinajstić information content (AvgIpc) is 3.28. The van der Waals surface area contributed by atoms with Gasteiger partial charge >= 0.3 is 6.03 Å². The SMILES string of the molecule is Cn1cc(C(=O)CC2CCCN2C(=O)c2ccc(CNC(N)=O)cc2)cn1. The first kappa shape index (κ1) is 18.6. The molecular weight excluding hydrogens is 346 g/mol. The van der Waals surface area contributed by atoms with Gasteiger partial charge in [-0.25, -0.2) is 4.79 Å². The van der Waals surface area contributed by atoms with Crippen LogP contribution in [0, 0.1) is 0 Å². The maximum Gasteiger partial charge on any atom is 0.312 e. The van der Waals surface area contributed by atoms with Gasteiger partial charge in [0.25, 0.3) is 5.91 Å². The van der Waals surface area contributed by atoms with Crippen molar-refractivity contribution in [3.8, 4) is 0 Å². The van der Waals surface area contributed by atoms with Gasteiger partial charge < -0.3 is 16.0 Å². The number of amides is 3. The molecule has 142 valence electrons. The Kier molecular flexibility index (Phi) is 5.54. The lowest BCUT2D eigenvalue weighted by atomic mass is 10.0. The van der Waals surface area contributed by atoms with Crippen molar-refractivity contribution < 1.29 is 14.4 Å². The summed E-state index contributed by atoms with van der Waals surface area (Å²) >= 11 is 0. The first-order valence-corrected chi connectivity index (χ1v) is 8.89. The largest absolute Gasteiger partial charge is 0.352 e. The van der Waals surface area contributed by atoms with Crippen LogP contribution in [0.5, 0.6) is 0 Å². The van der Waals surface area contributed by atoms with E-state index in [0.29, 0.717) is 30.6 Å². The highest BCUT2D eigenvalue weighted by atomic mass is 16.2. The third kappa shape index (κ3) is 4.52. The summed E-state index contributed by atoms with van der Waals surface area (Å²) in [6.07, 6.45) is 5.26. The summed E-state index contributed by atoms with van der Waals surface area (Å²) < 4.78 is 1.60. The van der Waals surface area contributed by atoms with Crippen molar-refractivity contribution in [1.29, 1.82) is 0 Å². The monoisotopic (exact) mass is 369 g/mol. The topological polar surface area (TPSA) is 110 Å². The lowest BCUT2D eigenvalue weighted by Crippen LogP contribution is -2.36.